The number of rotatable bonds is 7. The maximum Gasteiger partial charge on any atom is 0.410 e. The summed E-state index contributed by atoms with van der Waals surface area (Å²) in [6, 6.07) is 0. The number of nitrogens with zero attached hydrogens (tertiary/aromatic N) is 1. The lowest BCUT2D eigenvalue weighted by molar-refractivity contribution is -0.127. The predicted octanol–water partition coefficient (Wildman–Crippen LogP) is 2.27. The molecule has 31 heavy (non-hydrogen) atoms. The van der Waals surface area contributed by atoms with Crippen LogP contribution in [0.5, 0.6) is 0 Å². The smallest absolute Gasteiger partial charge is 0.410 e. The summed E-state index contributed by atoms with van der Waals surface area (Å²) >= 11 is 0. The second-order valence-electron chi connectivity index (χ2n) is 9.95. The molecule has 3 heterocycles. The van der Waals surface area contributed by atoms with Gasteiger partial charge >= 0.3 is 6.09 Å². The lowest BCUT2D eigenvalue weighted by Crippen LogP contribution is -2.57. The molecule has 3 saturated heterocycles. The van der Waals surface area contributed by atoms with Crippen molar-refractivity contribution in [1.29, 1.82) is 0 Å². The number of ether oxygens (including phenoxy) is 4. The zero-order valence-electron chi connectivity index (χ0n) is 19.3. The minimum absolute atomic E-state index is 0.00246. The number of carbonyl (C=O) groups is 2. The summed E-state index contributed by atoms with van der Waals surface area (Å²) in [7, 11) is 3.31. The Morgan fingerprint density at radius 2 is 2.00 bits per heavy atom. The summed E-state index contributed by atoms with van der Waals surface area (Å²) < 4.78 is 24.0. The molecule has 0 aromatic carbocycles. The third kappa shape index (κ3) is 4.34. The van der Waals surface area contributed by atoms with E-state index < -0.39 is 0 Å². The van der Waals surface area contributed by atoms with Crippen LogP contribution in [0.25, 0.3) is 0 Å². The Kier molecular flexibility index (Phi) is 6.09. The zero-order chi connectivity index (χ0) is 22.4. The van der Waals surface area contributed by atoms with Crippen LogP contribution in [0.15, 0.2) is 11.6 Å². The molecule has 6 atom stereocenters. The summed E-state index contributed by atoms with van der Waals surface area (Å²) in [6.07, 6.45) is 4.26. The second-order valence-corrected chi connectivity index (χ2v) is 9.95. The van der Waals surface area contributed by atoms with E-state index in [2.05, 4.69) is 32.2 Å². The molecule has 1 spiro atoms. The SMILES string of the molecule is CNC(=O)CC1CN(C(=O)O[C@@H]2CC[C@]3(CO3)C([C@@]3(C)O[C@@H]3CC=C(C)C)[C@@H]2OC)C1. The molecule has 1 saturated carbocycles. The highest BCUT2D eigenvalue weighted by molar-refractivity contribution is 5.76. The topological polar surface area (TPSA) is 92.9 Å². The first-order valence-electron chi connectivity index (χ1n) is 11.4. The Hall–Kier alpha value is -1.64. The number of nitrogens with one attached hydrogen (secondary N) is 1. The van der Waals surface area contributed by atoms with Gasteiger partial charge in [0, 0.05) is 39.6 Å². The van der Waals surface area contributed by atoms with E-state index in [0.717, 1.165) is 12.8 Å². The number of carbonyl (C=O) groups excluding carboxylic acids is 2. The van der Waals surface area contributed by atoms with E-state index in [1.807, 2.05) is 0 Å². The molecule has 1 unspecified atom stereocenters. The third-order valence-corrected chi connectivity index (χ3v) is 7.46. The maximum atomic E-state index is 12.7. The molecular formula is C23H36N2O6. The molecule has 8 heteroatoms. The molecule has 0 bridgehead atoms. The van der Waals surface area contributed by atoms with Gasteiger partial charge in [-0.2, -0.15) is 0 Å². The van der Waals surface area contributed by atoms with Gasteiger partial charge in [-0.1, -0.05) is 11.6 Å². The molecule has 4 fully saturated rings. The average molecular weight is 437 g/mol. The Morgan fingerprint density at radius 3 is 2.58 bits per heavy atom. The van der Waals surface area contributed by atoms with E-state index in [9.17, 15) is 9.59 Å². The van der Waals surface area contributed by atoms with Gasteiger partial charge in [0.05, 0.1) is 18.6 Å². The number of hydrogen-bond donors (Lipinski definition) is 1. The van der Waals surface area contributed by atoms with Crippen LogP contribution in [0.1, 0.15) is 46.5 Å². The normalized spacial score (nSPS) is 38.9. The fourth-order valence-corrected chi connectivity index (χ4v) is 5.49. The maximum absolute atomic E-state index is 12.7. The van der Waals surface area contributed by atoms with E-state index in [1.54, 1.807) is 19.1 Å². The fourth-order valence-electron chi connectivity index (χ4n) is 5.49. The monoisotopic (exact) mass is 436 g/mol. The van der Waals surface area contributed by atoms with Crippen molar-refractivity contribution in [2.45, 2.75) is 76.0 Å². The number of epoxide rings is 2. The summed E-state index contributed by atoms with van der Waals surface area (Å²) in [5.41, 5.74) is 0.704. The molecule has 4 rings (SSSR count). The van der Waals surface area contributed by atoms with Gasteiger partial charge in [0.25, 0.3) is 0 Å². The van der Waals surface area contributed by atoms with Crippen molar-refractivity contribution in [1.82, 2.24) is 10.2 Å². The highest BCUT2D eigenvalue weighted by Crippen LogP contribution is 2.59. The standard InChI is InChI=1S/C23H36N2O6/c1-14(2)6-7-17-22(3,31-17)20-19(28-5)16(8-9-23(20)13-29-23)30-21(27)25-11-15(12-25)10-18(26)24-4/h6,15-17,19-20H,7-13H2,1-5H3,(H,24,26)/t16-,17-,19-,20?,22+,23+/m1/s1. The second kappa shape index (κ2) is 8.37. The van der Waals surface area contributed by atoms with E-state index in [0.29, 0.717) is 32.5 Å². The molecule has 8 nitrogen and oxygen atoms in total. The summed E-state index contributed by atoms with van der Waals surface area (Å²) in [5, 5.41) is 2.63. The van der Waals surface area contributed by atoms with Crippen LogP contribution in [-0.2, 0) is 23.7 Å². The molecule has 1 N–H and O–H groups in total. The first-order chi connectivity index (χ1) is 14.7. The van der Waals surface area contributed by atoms with Crippen LogP contribution in [0, 0.1) is 11.8 Å². The van der Waals surface area contributed by atoms with Crippen molar-refractivity contribution in [2.75, 3.05) is 33.9 Å². The lowest BCUT2D eigenvalue weighted by atomic mass is 9.68. The highest BCUT2D eigenvalue weighted by atomic mass is 16.6. The van der Waals surface area contributed by atoms with E-state index in [4.69, 9.17) is 18.9 Å². The van der Waals surface area contributed by atoms with Gasteiger partial charge < -0.3 is 29.2 Å². The van der Waals surface area contributed by atoms with Crippen LogP contribution in [-0.4, -0.2) is 80.3 Å². The van der Waals surface area contributed by atoms with Gasteiger partial charge in [-0.25, -0.2) is 4.79 Å². The van der Waals surface area contributed by atoms with Gasteiger partial charge in [-0.3, -0.25) is 4.79 Å². The van der Waals surface area contributed by atoms with Crippen molar-refractivity contribution in [3.05, 3.63) is 11.6 Å². The number of hydrogen-bond acceptors (Lipinski definition) is 6. The van der Waals surface area contributed by atoms with Gasteiger partial charge in [0.15, 0.2) is 0 Å². The lowest BCUT2D eigenvalue weighted by Gasteiger charge is -2.44. The molecule has 174 valence electrons. The predicted molar refractivity (Wildman–Crippen MR) is 114 cm³/mol. The molecule has 0 radical (unpaired) electrons. The summed E-state index contributed by atoms with van der Waals surface area (Å²) in [5.74, 6) is 0.217. The van der Waals surface area contributed by atoms with E-state index >= 15 is 0 Å². The van der Waals surface area contributed by atoms with Crippen LogP contribution in [0.2, 0.25) is 0 Å². The highest BCUT2D eigenvalue weighted by Gasteiger charge is 2.72. The van der Waals surface area contributed by atoms with Gasteiger partial charge in [0.1, 0.15) is 23.4 Å². The Bertz CT molecular complexity index is 740. The van der Waals surface area contributed by atoms with E-state index in [-0.39, 0.29) is 53.4 Å². The van der Waals surface area contributed by atoms with Crippen molar-refractivity contribution in [2.24, 2.45) is 11.8 Å². The number of amides is 2. The molecule has 3 aliphatic heterocycles. The van der Waals surface area contributed by atoms with Crippen molar-refractivity contribution >= 4 is 12.0 Å². The van der Waals surface area contributed by atoms with Crippen LogP contribution >= 0.6 is 0 Å². The average Bonchev–Trinajstić information content (AvgIpc) is 3.61. The largest absolute Gasteiger partial charge is 0.443 e. The summed E-state index contributed by atoms with van der Waals surface area (Å²) in [6.45, 7) is 8.14. The summed E-state index contributed by atoms with van der Waals surface area (Å²) in [4.78, 5) is 25.9. The van der Waals surface area contributed by atoms with Crippen LogP contribution < -0.4 is 5.32 Å². The van der Waals surface area contributed by atoms with Crippen molar-refractivity contribution in [3.63, 3.8) is 0 Å². The van der Waals surface area contributed by atoms with Gasteiger partial charge in [-0.15, -0.1) is 0 Å². The fraction of sp³-hybridized carbons (Fsp3) is 0.826. The third-order valence-electron chi connectivity index (χ3n) is 7.46. The Balaban J connectivity index is 1.38. The number of likely N-dealkylation sites (tertiary alicyclic amines) is 1. The first-order valence-corrected chi connectivity index (χ1v) is 11.4. The molecular weight excluding hydrogens is 400 g/mol. The molecule has 2 amide bonds. The van der Waals surface area contributed by atoms with Crippen LogP contribution in [0.3, 0.4) is 0 Å². The van der Waals surface area contributed by atoms with Crippen molar-refractivity contribution < 1.29 is 28.5 Å². The number of methoxy groups -OCH3 is 1. The molecule has 0 aromatic heterocycles. The minimum atomic E-state index is -0.344. The zero-order valence-corrected chi connectivity index (χ0v) is 19.3. The molecule has 0 aromatic rings. The van der Waals surface area contributed by atoms with E-state index in [1.165, 1.54) is 5.57 Å². The Morgan fingerprint density at radius 1 is 1.29 bits per heavy atom. The number of allylic oxidation sites excluding steroid dienone is 1. The first kappa shape index (κ1) is 22.6. The van der Waals surface area contributed by atoms with Crippen LogP contribution in [0.4, 0.5) is 4.79 Å². The molecule has 4 aliphatic rings. The van der Waals surface area contributed by atoms with Gasteiger partial charge in [0.2, 0.25) is 5.91 Å². The quantitative estimate of drug-likeness (QED) is 0.486. The molecule has 1 aliphatic carbocycles. The minimum Gasteiger partial charge on any atom is -0.443 e. The Labute approximate surface area is 184 Å². The van der Waals surface area contributed by atoms with Crippen molar-refractivity contribution in [3.8, 4) is 0 Å². The van der Waals surface area contributed by atoms with Gasteiger partial charge in [-0.05, 0) is 40.0 Å².